The van der Waals surface area contributed by atoms with Gasteiger partial charge in [0.05, 0.1) is 0 Å². The predicted octanol–water partition coefficient (Wildman–Crippen LogP) is 4.25. The van der Waals surface area contributed by atoms with E-state index in [1.54, 1.807) is 166 Å². The molecule has 12 atom stereocenters. The number of carbonyl (C=O) groups excluding carboxylic acids is 12. The molecule has 0 saturated carbocycles. The average molecular weight is 1200 g/mol. The molecular weight excluding hydrogens is 1090 g/mol. The lowest BCUT2D eigenvalue weighted by Gasteiger charge is -2.32. The fourth-order valence-electron chi connectivity index (χ4n) is 8.54. The maximum absolute atomic E-state index is 14.1. The Labute approximate surface area is 497 Å². The van der Waals surface area contributed by atoms with Gasteiger partial charge < -0.3 is 60.3 Å². The van der Waals surface area contributed by atoms with Crippen molar-refractivity contribution in [3.63, 3.8) is 0 Å². The van der Waals surface area contributed by atoms with Crippen LogP contribution >= 0.6 is 0 Å². The molecule has 0 aromatic heterocycles. The van der Waals surface area contributed by atoms with Gasteiger partial charge in [-0.3, -0.25) is 28.8 Å². The SMILES string of the molecule is CC(C)[C@@H]1NC(=O)[C@@H](C(C)C)OC(=O)[C@H](C(C)C)NC(=O)[C@H](C(C)C)OC(=O)[C@@H](C(C)C)NC(=O)[C@@H](C(C)C)OC(=O)[C@@H](C(C)C)NC(=O)[C@H](C(C)C)OC(=O)[C@@H](C(C)C)NC(=O)[C@@H](C(C)C)OC(=O)[C@H](C(C)C)NC(=O)[C@H](C(C)C)OC1=O. The number of hydrogen-bond acceptors (Lipinski definition) is 18. The van der Waals surface area contributed by atoms with Gasteiger partial charge in [0.2, 0.25) is 0 Å². The van der Waals surface area contributed by atoms with Crippen molar-refractivity contribution >= 4 is 71.3 Å². The van der Waals surface area contributed by atoms with Gasteiger partial charge >= 0.3 is 35.8 Å². The van der Waals surface area contributed by atoms with E-state index in [1.807, 2.05) is 0 Å². The third-order valence-corrected chi connectivity index (χ3v) is 14.0. The molecular formula is C60H102N6O18. The minimum atomic E-state index is -1.54. The first kappa shape index (κ1) is 75.7. The summed E-state index contributed by atoms with van der Waals surface area (Å²) in [6, 6.07) is -8.47. The van der Waals surface area contributed by atoms with Crippen molar-refractivity contribution < 1.29 is 86.0 Å². The van der Waals surface area contributed by atoms with E-state index in [1.165, 1.54) is 0 Å². The number of nitrogens with one attached hydrogen (secondary N) is 6. The summed E-state index contributed by atoms with van der Waals surface area (Å²) < 4.78 is 34.7. The van der Waals surface area contributed by atoms with Gasteiger partial charge in [-0.1, -0.05) is 166 Å². The molecule has 0 bridgehead atoms. The molecule has 0 spiro atoms. The second-order valence-corrected chi connectivity index (χ2v) is 26.0. The molecule has 0 unspecified atom stereocenters. The van der Waals surface area contributed by atoms with E-state index in [4.69, 9.17) is 28.4 Å². The average Bonchev–Trinajstić information content (AvgIpc) is 3.59. The van der Waals surface area contributed by atoms with Crippen LogP contribution in [0.4, 0.5) is 0 Å². The Morgan fingerprint density at radius 2 is 0.286 bits per heavy atom. The zero-order valence-electron chi connectivity index (χ0n) is 54.2. The number of hydrogen-bond donors (Lipinski definition) is 6. The van der Waals surface area contributed by atoms with E-state index < -0.39 is 215 Å². The highest BCUT2D eigenvalue weighted by molar-refractivity contribution is 5.96. The molecule has 0 aliphatic carbocycles. The zero-order chi connectivity index (χ0) is 65.3. The molecule has 1 rings (SSSR count). The van der Waals surface area contributed by atoms with E-state index >= 15 is 0 Å². The fourth-order valence-corrected chi connectivity index (χ4v) is 8.54. The molecule has 1 aliphatic rings. The van der Waals surface area contributed by atoms with Crippen LogP contribution in [0.1, 0.15) is 166 Å². The number of cyclic esters (lactones) is 6. The van der Waals surface area contributed by atoms with Crippen LogP contribution in [0.25, 0.3) is 0 Å². The van der Waals surface area contributed by atoms with Gasteiger partial charge in [-0.25, -0.2) is 28.8 Å². The van der Waals surface area contributed by atoms with Gasteiger partial charge in [0.25, 0.3) is 35.4 Å². The van der Waals surface area contributed by atoms with Crippen molar-refractivity contribution in [2.75, 3.05) is 0 Å². The highest BCUT2D eigenvalue weighted by Gasteiger charge is 2.44. The molecule has 24 heteroatoms. The van der Waals surface area contributed by atoms with Gasteiger partial charge in [-0.05, 0) is 71.0 Å². The summed E-state index contributed by atoms with van der Waals surface area (Å²) in [5.74, 6) is -19.8. The highest BCUT2D eigenvalue weighted by atomic mass is 16.6. The Morgan fingerprint density at radius 3 is 0.357 bits per heavy atom. The molecule has 84 heavy (non-hydrogen) atoms. The number of ether oxygens (including phenoxy) is 6. The Hall–Kier alpha value is -6.36. The lowest BCUT2D eigenvalue weighted by Crippen LogP contribution is -2.57. The summed E-state index contributed by atoms with van der Waals surface area (Å²) in [5.41, 5.74) is 0. The molecule has 1 fully saturated rings. The number of carbonyl (C=O) groups is 12. The van der Waals surface area contributed by atoms with Crippen LogP contribution < -0.4 is 31.9 Å². The third-order valence-electron chi connectivity index (χ3n) is 14.0. The molecule has 6 N–H and O–H groups in total. The predicted molar refractivity (Wildman–Crippen MR) is 309 cm³/mol. The second-order valence-electron chi connectivity index (χ2n) is 26.0. The van der Waals surface area contributed by atoms with Crippen molar-refractivity contribution in [3.05, 3.63) is 0 Å². The van der Waals surface area contributed by atoms with Gasteiger partial charge in [-0.2, -0.15) is 0 Å². The molecule has 1 aliphatic heterocycles. The lowest BCUT2D eigenvalue weighted by atomic mass is 9.99. The number of esters is 6. The van der Waals surface area contributed by atoms with Crippen molar-refractivity contribution in [2.24, 2.45) is 71.0 Å². The third kappa shape index (κ3) is 22.2. The van der Waals surface area contributed by atoms with Crippen LogP contribution in [0.5, 0.6) is 0 Å². The molecule has 1 heterocycles. The Morgan fingerprint density at radius 1 is 0.190 bits per heavy atom. The monoisotopic (exact) mass is 1190 g/mol. The summed E-state index contributed by atoms with van der Waals surface area (Å²) in [4.78, 5) is 169. The molecule has 0 aromatic carbocycles. The fraction of sp³-hybridized carbons (Fsp3) is 0.800. The van der Waals surface area contributed by atoms with Crippen molar-refractivity contribution in [2.45, 2.75) is 239 Å². The van der Waals surface area contributed by atoms with E-state index in [2.05, 4.69) is 31.9 Å². The molecule has 0 aromatic rings. The minimum absolute atomic E-state index is 0.661. The van der Waals surface area contributed by atoms with Crippen LogP contribution in [0.2, 0.25) is 0 Å². The van der Waals surface area contributed by atoms with Crippen LogP contribution in [-0.4, -0.2) is 144 Å². The summed E-state index contributed by atoms with van der Waals surface area (Å²) in [6.45, 7) is 38.3. The Kier molecular flexibility index (Phi) is 30.6. The minimum Gasteiger partial charge on any atom is -0.450 e. The van der Waals surface area contributed by atoms with Gasteiger partial charge in [0.1, 0.15) is 36.3 Å². The molecule has 6 amide bonds. The van der Waals surface area contributed by atoms with E-state index in [0.717, 1.165) is 0 Å². The maximum Gasteiger partial charge on any atom is 0.329 e. The number of rotatable bonds is 12. The van der Waals surface area contributed by atoms with Crippen LogP contribution in [-0.2, 0) is 86.0 Å². The normalized spacial score (nSPS) is 27.9. The van der Waals surface area contributed by atoms with Crippen molar-refractivity contribution in [3.8, 4) is 0 Å². The highest BCUT2D eigenvalue weighted by Crippen LogP contribution is 2.22. The van der Waals surface area contributed by atoms with Crippen molar-refractivity contribution in [1.29, 1.82) is 0 Å². The summed E-state index contributed by atoms with van der Waals surface area (Å²) in [6.07, 6.45) is -9.25. The topological polar surface area (TPSA) is 332 Å². The standard InChI is InChI=1S/C60H102N6O18/c1-25(2)37-55(73)79-44(32(15)16)50(68)62-39(27(5)6)57(75)81-46(34(19)20)52(70)64-41(29(9)10)59(77)83-48(36(23)24)54(72)66-42(30(11)12)60(78)84-47(35(21)22)53(71)65-40(28(7)8)58(76)82-45(33(17)18)51(69)63-38(26(3)4)56(74)80-43(31(13)14)49(67)61-37/h25-48H,1-24H3,(H,61,67)(H,62,68)(H,63,69)(H,64,70)(H,65,71)(H,66,72)/t37-,38-,39-,40+,41+,42+,43+,44-,45-,46+,47+,48-. The van der Waals surface area contributed by atoms with Crippen molar-refractivity contribution in [1.82, 2.24) is 31.9 Å². The Bertz CT molecular complexity index is 1730. The van der Waals surface area contributed by atoms with Gasteiger partial charge in [-0.15, -0.1) is 0 Å². The van der Waals surface area contributed by atoms with Gasteiger partial charge in [0, 0.05) is 0 Å². The quantitative estimate of drug-likeness (QED) is 0.117. The first-order valence-corrected chi connectivity index (χ1v) is 29.6. The zero-order valence-corrected chi connectivity index (χ0v) is 54.2. The first-order chi connectivity index (χ1) is 38.6. The smallest absolute Gasteiger partial charge is 0.329 e. The molecule has 24 nitrogen and oxygen atoms in total. The summed E-state index contributed by atoms with van der Waals surface area (Å²) in [5, 5.41) is 15.6. The number of amides is 6. The van der Waals surface area contributed by atoms with Gasteiger partial charge in [0.15, 0.2) is 36.6 Å². The van der Waals surface area contributed by atoms with E-state index in [-0.39, 0.29) is 0 Å². The molecule has 1 saturated heterocycles. The second kappa shape index (κ2) is 34.0. The first-order valence-electron chi connectivity index (χ1n) is 29.6. The lowest BCUT2D eigenvalue weighted by molar-refractivity contribution is -0.169. The molecule has 0 radical (unpaired) electrons. The van der Waals surface area contributed by atoms with Crippen LogP contribution in [0, 0.1) is 71.0 Å². The largest absolute Gasteiger partial charge is 0.450 e. The van der Waals surface area contributed by atoms with E-state index in [9.17, 15) is 57.5 Å². The summed E-state index contributed by atoms with van der Waals surface area (Å²) in [7, 11) is 0. The Balaban J connectivity index is 4.10. The van der Waals surface area contributed by atoms with Crippen LogP contribution in [0.3, 0.4) is 0 Å². The van der Waals surface area contributed by atoms with Crippen LogP contribution in [0.15, 0.2) is 0 Å². The maximum atomic E-state index is 14.1. The van der Waals surface area contributed by atoms with E-state index in [0.29, 0.717) is 0 Å². The molecule has 480 valence electrons. The summed E-state index contributed by atoms with van der Waals surface area (Å²) >= 11 is 0.